The second kappa shape index (κ2) is 5.54. The van der Waals surface area contributed by atoms with E-state index in [4.69, 9.17) is 0 Å². The lowest BCUT2D eigenvalue weighted by atomic mass is 9.61. The van der Waals surface area contributed by atoms with Crippen molar-refractivity contribution in [1.82, 2.24) is 14.9 Å². The molecule has 1 aliphatic heterocycles. The molecule has 2 heterocycles. The zero-order valence-electron chi connectivity index (χ0n) is 13.4. The molecule has 1 aromatic heterocycles. The van der Waals surface area contributed by atoms with Crippen LogP contribution in [0.3, 0.4) is 0 Å². The first kappa shape index (κ1) is 14.0. The van der Waals surface area contributed by atoms with Crippen LogP contribution in [0.2, 0.25) is 0 Å². The molecule has 0 bridgehead atoms. The number of hydrogen-bond donors (Lipinski definition) is 1. The molecule has 4 rings (SSSR count). The van der Waals surface area contributed by atoms with Crippen LogP contribution in [0.1, 0.15) is 55.2 Å². The minimum atomic E-state index is 0.515. The highest BCUT2D eigenvalue weighted by molar-refractivity contribution is 5.26. The third-order valence-electron chi connectivity index (χ3n) is 5.54. The van der Waals surface area contributed by atoms with E-state index < -0.39 is 0 Å². The standard InChI is InChI=1S/C19H25N3/c1-15-12-20-17(21-15)13-22-14-19(10-6-3-7-11-19)18(22)16-8-4-2-5-9-16/h2,4-5,8-9,12,18H,3,6-7,10-11,13-14H2,1H3,(H,20,21). The Bertz CT molecular complexity index is 625. The van der Waals surface area contributed by atoms with E-state index >= 15 is 0 Å². The second-order valence-corrected chi connectivity index (χ2v) is 7.15. The van der Waals surface area contributed by atoms with Gasteiger partial charge in [0.2, 0.25) is 0 Å². The summed E-state index contributed by atoms with van der Waals surface area (Å²) in [6.45, 7) is 4.24. The highest BCUT2D eigenvalue weighted by Gasteiger charge is 2.52. The molecule has 1 saturated carbocycles. The largest absolute Gasteiger partial charge is 0.345 e. The lowest BCUT2D eigenvalue weighted by Crippen LogP contribution is -2.58. The van der Waals surface area contributed by atoms with Crippen molar-refractivity contribution in [2.24, 2.45) is 5.41 Å². The molecular weight excluding hydrogens is 270 g/mol. The zero-order chi connectivity index (χ0) is 15.0. The highest BCUT2D eigenvalue weighted by Crippen LogP contribution is 2.57. The highest BCUT2D eigenvalue weighted by atomic mass is 15.3. The van der Waals surface area contributed by atoms with Gasteiger partial charge in [0.1, 0.15) is 5.82 Å². The van der Waals surface area contributed by atoms with Crippen molar-refractivity contribution >= 4 is 0 Å². The number of aromatic nitrogens is 2. The van der Waals surface area contributed by atoms with Crippen LogP contribution in [0, 0.1) is 12.3 Å². The van der Waals surface area contributed by atoms with Crippen molar-refractivity contribution in [2.75, 3.05) is 6.54 Å². The lowest BCUT2D eigenvalue weighted by Gasteiger charge is -2.59. The summed E-state index contributed by atoms with van der Waals surface area (Å²) in [5.41, 5.74) is 3.15. The Morgan fingerprint density at radius 2 is 1.95 bits per heavy atom. The van der Waals surface area contributed by atoms with Gasteiger partial charge in [-0.3, -0.25) is 4.90 Å². The number of H-pyrrole nitrogens is 1. The van der Waals surface area contributed by atoms with Gasteiger partial charge < -0.3 is 4.98 Å². The Hall–Kier alpha value is -1.61. The number of nitrogens with one attached hydrogen (secondary N) is 1. The van der Waals surface area contributed by atoms with E-state index in [2.05, 4.69) is 52.1 Å². The third-order valence-corrected chi connectivity index (χ3v) is 5.54. The summed E-state index contributed by atoms with van der Waals surface area (Å²) in [7, 11) is 0. The van der Waals surface area contributed by atoms with E-state index in [-0.39, 0.29) is 0 Å². The Morgan fingerprint density at radius 1 is 1.18 bits per heavy atom. The molecular formula is C19H25N3. The zero-order valence-corrected chi connectivity index (χ0v) is 13.4. The van der Waals surface area contributed by atoms with Gasteiger partial charge in [0.15, 0.2) is 0 Å². The van der Waals surface area contributed by atoms with E-state index in [1.807, 2.05) is 6.20 Å². The van der Waals surface area contributed by atoms with Crippen molar-refractivity contribution < 1.29 is 0 Å². The van der Waals surface area contributed by atoms with Crippen molar-refractivity contribution in [3.8, 4) is 0 Å². The van der Waals surface area contributed by atoms with Gasteiger partial charge in [-0.25, -0.2) is 4.98 Å². The Kier molecular flexibility index (Phi) is 3.53. The summed E-state index contributed by atoms with van der Waals surface area (Å²) in [6.07, 6.45) is 8.93. The minimum absolute atomic E-state index is 0.515. The fourth-order valence-corrected chi connectivity index (χ4v) is 4.63. The van der Waals surface area contributed by atoms with E-state index in [1.165, 1.54) is 44.2 Å². The van der Waals surface area contributed by atoms with Crippen molar-refractivity contribution in [3.05, 3.63) is 53.6 Å². The SMILES string of the molecule is Cc1cnc(CN2CC3(CCCCC3)C2c2ccccc2)[nH]1. The molecule has 0 amide bonds. The molecule has 0 radical (unpaired) electrons. The normalized spacial score (nSPS) is 24.3. The van der Waals surface area contributed by atoms with Gasteiger partial charge in [-0.1, -0.05) is 49.6 Å². The van der Waals surface area contributed by atoms with Gasteiger partial charge in [0, 0.05) is 29.9 Å². The van der Waals surface area contributed by atoms with Gasteiger partial charge in [0.05, 0.1) is 6.54 Å². The Morgan fingerprint density at radius 3 is 2.64 bits per heavy atom. The van der Waals surface area contributed by atoms with Gasteiger partial charge in [0.25, 0.3) is 0 Å². The number of aromatic amines is 1. The number of benzene rings is 1. The quantitative estimate of drug-likeness (QED) is 0.919. The first-order valence-corrected chi connectivity index (χ1v) is 8.56. The molecule has 1 aliphatic carbocycles. The maximum absolute atomic E-state index is 4.50. The van der Waals surface area contributed by atoms with E-state index in [9.17, 15) is 0 Å². The summed E-state index contributed by atoms with van der Waals surface area (Å²) in [5, 5.41) is 0. The first-order chi connectivity index (χ1) is 10.8. The van der Waals surface area contributed by atoms with Crippen LogP contribution in [-0.4, -0.2) is 21.4 Å². The summed E-state index contributed by atoms with van der Waals surface area (Å²) < 4.78 is 0. The van der Waals surface area contributed by atoms with Crippen LogP contribution in [0.4, 0.5) is 0 Å². The van der Waals surface area contributed by atoms with Gasteiger partial charge in [-0.05, 0) is 25.3 Å². The summed E-state index contributed by atoms with van der Waals surface area (Å²) >= 11 is 0. The number of imidazole rings is 1. The number of hydrogen-bond acceptors (Lipinski definition) is 2. The van der Waals surface area contributed by atoms with Crippen LogP contribution < -0.4 is 0 Å². The van der Waals surface area contributed by atoms with Gasteiger partial charge in [-0.15, -0.1) is 0 Å². The molecule has 2 aliphatic rings. The van der Waals surface area contributed by atoms with Crippen molar-refractivity contribution in [3.63, 3.8) is 0 Å². The number of likely N-dealkylation sites (tertiary alicyclic amines) is 1. The summed E-state index contributed by atoms with van der Waals surface area (Å²) in [4.78, 5) is 10.5. The molecule has 22 heavy (non-hydrogen) atoms. The molecule has 3 nitrogen and oxygen atoms in total. The van der Waals surface area contributed by atoms with Crippen LogP contribution in [0.25, 0.3) is 0 Å². The first-order valence-electron chi connectivity index (χ1n) is 8.56. The topological polar surface area (TPSA) is 31.9 Å². The monoisotopic (exact) mass is 295 g/mol. The molecule has 1 N–H and O–H groups in total. The molecule has 1 aromatic carbocycles. The van der Waals surface area contributed by atoms with Gasteiger partial charge in [-0.2, -0.15) is 0 Å². The van der Waals surface area contributed by atoms with Gasteiger partial charge >= 0.3 is 0 Å². The van der Waals surface area contributed by atoms with Crippen molar-refractivity contribution in [1.29, 1.82) is 0 Å². The molecule has 2 fully saturated rings. The molecule has 1 atom stereocenters. The number of rotatable bonds is 3. The van der Waals surface area contributed by atoms with E-state index in [1.54, 1.807) is 0 Å². The fraction of sp³-hybridized carbons (Fsp3) is 0.526. The summed E-state index contributed by atoms with van der Waals surface area (Å²) in [6, 6.07) is 11.7. The smallest absolute Gasteiger partial charge is 0.120 e. The van der Waals surface area contributed by atoms with Crippen LogP contribution in [-0.2, 0) is 6.54 Å². The molecule has 2 aromatic rings. The average Bonchev–Trinajstić information content (AvgIpc) is 2.94. The maximum atomic E-state index is 4.50. The molecule has 1 unspecified atom stereocenters. The minimum Gasteiger partial charge on any atom is -0.345 e. The second-order valence-electron chi connectivity index (χ2n) is 7.15. The number of aryl methyl sites for hydroxylation is 1. The molecule has 116 valence electrons. The van der Waals surface area contributed by atoms with E-state index in [0.29, 0.717) is 11.5 Å². The Labute approximate surface area is 132 Å². The maximum Gasteiger partial charge on any atom is 0.120 e. The lowest BCUT2D eigenvalue weighted by molar-refractivity contribution is -0.107. The predicted molar refractivity (Wildman–Crippen MR) is 88.4 cm³/mol. The summed E-state index contributed by atoms with van der Waals surface area (Å²) in [5.74, 6) is 1.10. The average molecular weight is 295 g/mol. The van der Waals surface area contributed by atoms with Crippen LogP contribution >= 0.6 is 0 Å². The van der Waals surface area contributed by atoms with Crippen LogP contribution in [0.5, 0.6) is 0 Å². The molecule has 1 saturated heterocycles. The van der Waals surface area contributed by atoms with Crippen molar-refractivity contribution in [2.45, 2.75) is 51.6 Å². The van der Waals surface area contributed by atoms with E-state index in [0.717, 1.165) is 18.1 Å². The molecule has 3 heteroatoms. The van der Waals surface area contributed by atoms with Crippen LogP contribution in [0.15, 0.2) is 36.5 Å². The molecule has 1 spiro atoms. The Balaban J connectivity index is 1.59. The third kappa shape index (κ3) is 2.38. The predicted octanol–water partition coefficient (Wildman–Crippen LogP) is 4.23. The number of nitrogens with zero attached hydrogens (tertiary/aromatic N) is 2. The fourth-order valence-electron chi connectivity index (χ4n) is 4.63.